The van der Waals surface area contributed by atoms with Crippen LogP contribution in [0, 0.1) is 6.92 Å². The second kappa shape index (κ2) is 7.06. The Labute approximate surface area is 130 Å². The zero-order chi connectivity index (χ0) is 15.5. The average Bonchev–Trinajstić information content (AvgIpc) is 2.33. The predicted molar refractivity (Wildman–Crippen MR) is 89.8 cm³/mol. The van der Waals surface area contributed by atoms with Gasteiger partial charge in [-0.1, -0.05) is 59.2 Å². The number of rotatable bonds is 6. The highest BCUT2D eigenvalue weighted by molar-refractivity contribution is 6.77. The Morgan fingerprint density at radius 2 is 1.55 bits per heavy atom. The first-order chi connectivity index (χ1) is 9.21. The molecule has 0 radical (unpaired) electrons. The topological polar surface area (TPSA) is 22.1 Å². The second-order valence-corrected chi connectivity index (χ2v) is 12.3. The standard InChI is InChI=1S/C16H28ClNOSi/c1-11(2)20(12(3)4,13(5)6)19-10-15-9-8-14(7)16(17)18-15/h8-9,11-13H,10H2,1-7H3. The highest BCUT2D eigenvalue weighted by Gasteiger charge is 2.45. The molecule has 2 nitrogen and oxygen atoms in total. The van der Waals surface area contributed by atoms with Crippen LogP contribution >= 0.6 is 11.6 Å². The first-order valence-electron chi connectivity index (χ1n) is 7.47. The number of hydrogen-bond donors (Lipinski definition) is 0. The molecule has 0 amide bonds. The molecule has 0 unspecified atom stereocenters. The van der Waals surface area contributed by atoms with Gasteiger partial charge >= 0.3 is 0 Å². The zero-order valence-corrected chi connectivity index (χ0v) is 15.6. The summed E-state index contributed by atoms with van der Waals surface area (Å²) in [6.07, 6.45) is 0. The Morgan fingerprint density at radius 1 is 1.05 bits per heavy atom. The molecule has 1 aromatic heterocycles. The molecule has 0 N–H and O–H groups in total. The van der Waals surface area contributed by atoms with E-state index in [0.29, 0.717) is 28.4 Å². The molecule has 0 aliphatic rings. The van der Waals surface area contributed by atoms with Gasteiger partial charge in [-0.3, -0.25) is 0 Å². The summed E-state index contributed by atoms with van der Waals surface area (Å²) in [5, 5.41) is 0.581. The summed E-state index contributed by atoms with van der Waals surface area (Å²) >= 11 is 6.10. The molecule has 20 heavy (non-hydrogen) atoms. The van der Waals surface area contributed by atoms with Gasteiger partial charge in [0, 0.05) is 0 Å². The van der Waals surface area contributed by atoms with E-state index in [-0.39, 0.29) is 0 Å². The third-order valence-electron chi connectivity index (χ3n) is 4.27. The molecular formula is C16H28ClNOSi. The van der Waals surface area contributed by atoms with Crippen LogP contribution in [0.15, 0.2) is 12.1 Å². The average molecular weight is 314 g/mol. The molecule has 0 atom stereocenters. The fourth-order valence-corrected chi connectivity index (χ4v) is 8.89. The highest BCUT2D eigenvalue weighted by Crippen LogP contribution is 2.42. The van der Waals surface area contributed by atoms with Gasteiger partial charge in [-0.15, -0.1) is 0 Å². The summed E-state index contributed by atoms with van der Waals surface area (Å²) in [4.78, 5) is 4.42. The van der Waals surface area contributed by atoms with E-state index in [4.69, 9.17) is 16.0 Å². The fourth-order valence-electron chi connectivity index (χ4n) is 3.32. The fraction of sp³-hybridized carbons (Fsp3) is 0.688. The zero-order valence-electron chi connectivity index (χ0n) is 13.8. The molecular weight excluding hydrogens is 286 g/mol. The lowest BCUT2D eigenvalue weighted by Crippen LogP contribution is -2.47. The maximum atomic E-state index is 6.51. The summed E-state index contributed by atoms with van der Waals surface area (Å²) < 4.78 is 6.51. The van der Waals surface area contributed by atoms with Gasteiger partial charge in [0.2, 0.25) is 8.32 Å². The van der Waals surface area contributed by atoms with Gasteiger partial charge in [0.1, 0.15) is 5.15 Å². The van der Waals surface area contributed by atoms with Crippen molar-refractivity contribution in [3.63, 3.8) is 0 Å². The van der Waals surface area contributed by atoms with Crippen molar-refractivity contribution in [1.82, 2.24) is 4.98 Å². The monoisotopic (exact) mass is 313 g/mol. The van der Waals surface area contributed by atoms with Crippen molar-refractivity contribution in [3.8, 4) is 0 Å². The minimum absolute atomic E-state index is 0.570. The molecule has 0 saturated heterocycles. The van der Waals surface area contributed by atoms with Crippen molar-refractivity contribution >= 4 is 19.9 Å². The van der Waals surface area contributed by atoms with Crippen molar-refractivity contribution < 1.29 is 4.43 Å². The molecule has 0 aliphatic carbocycles. The number of nitrogens with zero attached hydrogens (tertiary/aromatic N) is 1. The third-order valence-corrected chi connectivity index (χ3v) is 10.7. The van der Waals surface area contributed by atoms with Crippen LogP contribution in [-0.4, -0.2) is 13.3 Å². The SMILES string of the molecule is Cc1ccc(CO[Si](C(C)C)(C(C)C)C(C)C)nc1Cl. The molecule has 0 aliphatic heterocycles. The summed E-state index contributed by atoms with van der Waals surface area (Å²) in [7, 11) is -1.82. The summed E-state index contributed by atoms with van der Waals surface area (Å²) in [5.74, 6) is 0. The van der Waals surface area contributed by atoms with E-state index in [2.05, 4.69) is 46.5 Å². The minimum Gasteiger partial charge on any atom is -0.410 e. The van der Waals surface area contributed by atoms with Crippen molar-refractivity contribution in [2.45, 2.75) is 71.7 Å². The van der Waals surface area contributed by atoms with Gasteiger partial charge < -0.3 is 4.43 Å². The van der Waals surface area contributed by atoms with Crippen LogP contribution in [0.4, 0.5) is 0 Å². The molecule has 0 saturated carbocycles. The van der Waals surface area contributed by atoms with E-state index in [1.807, 2.05) is 19.1 Å². The normalized spacial score (nSPS) is 12.8. The second-order valence-electron chi connectivity index (χ2n) is 6.52. The van der Waals surface area contributed by atoms with Crippen LogP contribution in [0.1, 0.15) is 52.8 Å². The molecule has 0 bridgehead atoms. The summed E-state index contributed by atoms with van der Waals surface area (Å²) in [6.45, 7) is 16.3. The van der Waals surface area contributed by atoms with E-state index in [0.717, 1.165) is 11.3 Å². The first kappa shape index (κ1) is 17.7. The van der Waals surface area contributed by atoms with Gasteiger partial charge in [0.25, 0.3) is 0 Å². The van der Waals surface area contributed by atoms with Crippen LogP contribution in [0.5, 0.6) is 0 Å². The molecule has 0 spiro atoms. The Hall–Kier alpha value is -0.383. The molecule has 1 aromatic rings. The number of halogens is 1. The molecule has 1 rings (SSSR count). The quantitative estimate of drug-likeness (QED) is 0.494. The van der Waals surface area contributed by atoms with Crippen molar-refractivity contribution in [2.24, 2.45) is 0 Å². The number of hydrogen-bond acceptors (Lipinski definition) is 2. The van der Waals surface area contributed by atoms with Gasteiger partial charge in [-0.05, 0) is 35.2 Å². The molecule has 0 aromatic carbocycles. The number of pyridine rings is 1. The smallest absolute Gasteiger partial charge is 0.200 e. The Bertz CT molecular complexity index is 424. The Balaban J connectivity index is 2.94. The van der Waals surface area contributed by atoms with E-state index < -0.39 is 8.32 Å². The van der Waals surface area contributed by atoms with Crippen molar-refractivity contribution in [2.75, 3.05) is 0 Å². The van der Waals surface area contributed by atoms with Crippen molar-refractivity contribution in [3.05, 3.63) is 28.5 Å². The third kappa shape index (κ3) is 3.63. The van der Waals surface area contributed by atoms with E-state index >= 15 is 0 Å². The van der Waals surface area contributed by atoms with Crippen LogP contribution in [-0.2, 0) is 11.0 Å². The van der Waals surface area contributed by atoms with Gasteiger partial charge in [0.05, 0.1) is 12.3 Å². The van der Waals surface area contributed by atoms with E-state index in [1.54, 1.807) is 0 Å². The van der Waals surface area contributed by atoms with Crippen LogP contribution in [0.2, 0.25) is 21.8 Å². The number of aryl methyl sites for hydroxylation is 1. The Morgan fingerprint density at radius 3 is 1.95 bits per heavy atom. The summed E-state index contributed by atoms with van der Waals surface area (Å²) in [5.41, 5.74) is 3.70. The maximum absolute atomic E-state index is 6.51. The largest absolute Gasteiger partial charge is 0.410 e. The highest BCUT2D eigenvalue weighted by atomic mass is 35.5. The van der Waals surface area contributed by atoms with Gasteiger partial charge in [0.15, 0.2) is 0 Å². The van der Waals surface area contributed by atoms with Crippen LogP contribution < -0.4 is 0 Å². The summed E-state index contributed by atoms with van der Waals surface area (Å²) in [6, 6.07) is 4.03. The number of aromatic nitrogens is 1. The van der Waals surface area contributed by atoms with Crippen LogP contribution in [0.3, 0.4) is 0 Å². The van der Waals surface area contributed by atoms with Gasteiger partial charge in [-0.25, -0.2) is 4.98 Å². The maximum Gasteiger partial charge on any atom is 0.200 e. The Kier molecular flexibility index (Phi) is 6.23. The van der Waals surface area contributed by atoms with E-state index in [9.17, 15) is 0 Å². The molecule has 114 valence electrons. The molecule has 4 heteroatoms. The minimum atomic E-state index is -1.82. The van der Waals surface area contributed by atoms with Gasteiger partial charge in [-0.2, -0.15) is 0 Å². The lowest BCUT2D eigenvalue weighted by molar-refractivity contribution is 0.262. The molecule has 0 fully saturated rings. The van der Waals surface area contributed by atoms with E-state index in [1.165, 1.54) is 0 Å². The lowest BCUT2D eigenvalue weighted by Gasteiger charge is -2.42. The predicted octanol–water partition coefficient (Wildman–Crippen LogP) is 5.74. The molecule has 1 heterocycles. The van der Waals surface area contributed by atoms with Crippen LogP contribution in [0.25, 0.3) is 0 Å². The first-order valence-corrected chi connectivity index (χ1v) is 9.99. The lowest BCUT2D eigenvalue weighted by atomic mass is 10.3. The van der Waals surface area contributed by atoms with Crippen molar-refractivity contribution in [1.29, 1.82) is 0 Å².